The summed E-state index contributed by atoms with van der Waals surface area (Å²) < 4.78 is 5.83. The number of primary amides is 1. The van der Waals surface area contributed by atoms with Gasteiger partial charge in [-0.2, -0.15) is 5.06 Å². The van der Waals surface area contributed by atoms with Crippen LogP contribution in [0.2, 0.25) is 0 Å². The number of fused-ring (bicyclic) bond motifs is 1. The summed E-state index contributed by atoms with van der Waals surface area (Å²) in [5, 5.41) is 10.5. The van der Waals surface area contributed by atoms with E-state index in [4.69, 9.17) is 10.5 Å². The number of rotatable bonds is 4. The molecule has 0 aliphatic heterocycles. The molecule has 1 aliphatic carbocycles. The van der Waals surface area contributed by atoms with Crippen molar-refractivity contribution in [2.45, 2.75) is 31.9 Å². The molecule has 0 unspecified atom stereocenters. The van der Waals surface area contributed by atoms with Crippen LogP contribution in [-0.2, 0) is 13.0 Å². The monoisotopic (exact) mass is 312 g/mol. The largest absolute Gasteiger partial charge is 0.489 e. The average molecular weight is 312 g/mol. The Morgan fingerprint density at radius 3 is 2.78 bits per heavy atom. The molecule has 0 saturated heterocycles. The van der Waals surface area contributed by atoms with Crippen molar-refractivity contribution in [1.82, 2.24) is 5.06 Å². The Kier molecular flexibility index (Phi) is 4.48. The number of hydroxylamine groups is 2. The van der Waals surface area contributed by atoms with Crippen LogP contribution in [-0.4, -0.2) is 16.3 Å². The number of carbonyl (C=O) groups excluding carboxylic acids is 1. The fourth-order valence-corrected chi connectivity index (χ4v) is 2.99. The number of ether oxygens (including phenoxy) is 1. The zero-order chi connectivity index (χ0) is 16.2. The molecule has 0 bridgehead atoms. The number of hydrogen-bond acceptors (Lipinski definition) is 3. The number of nitrogens with zero attached hydrogens (tertiary/aromatic N) is 1. The summed E-state index contributed by atoms with van der Waals surface area (Å²) in [6, 6.07) is 14.5. The molecule has 120 valence electrons. The molecule has 2 amide bonds. The van der Waals surface area contributed by atoms with Crippen LogP contribution >= 0.6 is 0 Å². The van der Waals surface area contributed by atoms with Crippen LogP contribution in [0.15, 0.2) is 48.5 Å². The molecule has 0 spiro atoms. The van der Waals surface area contributed by atoms with E-state index < -0.39 is 12.1 Å². The van der Waals surface area contributed by atoms with Gasteiger partial charge in [0.2, 0.25) is 0 Å². The molecule has 2 aromatic rings. The number of aryl methyl sites for hydroxylation is 1. The van der Waals surface area contributed by atoms with Crippen LogP contribution in [0.3, 0.4) is 0 Å². The smallest absolute Gasteiger partial charge is 0.339 e. The van der Waals surface area contributed by atoms with Gasteiger partial charge in [0.15, 0.2) is 0 Å². The van der Waals surface area contributed by atoms with E-state index in [1.807, 2.05) is 48.5 Å². The molecule has 1 aliphatic rings. The van der Waals surface area contributed by atoms with E-state index in [-0.39, 0.29) is 0 Å². The van der Waals surface area contributed by atoms with E-state index in [2.05, 4.69) is 0 Å². The lowest BCUT2D eigenvalue weighted by Crippen LogP contribution is -2.37. The Hall–Kier alpha value is -2.53. The molecule has 23 heavy (non-hydrogen) atoms. The van der Waals surface area contributed by atoms with Gasteiger partial charge in [-0.25, -0.2) is 4.79 Å². The van der Waals surface area contributed by atoms with Crippen LogP contribution < -0.4 is 10.5 Å². The second-order valence-corrected chi connectivity index (χ2v) is 5.73. The van der Waals surface area contributed by atoms with Gasteiger partial charge < -0.3 is 10.5 Å². The van der Waals surface area contributed by atoms with Gasteiger partial charge in [0.05, 0.1) is 6.04 Å². The minimum atomic E-state index is -0.835. The molecule has 0 saturated carbocycles. The fourth-order valence-electron chi connectivity index (χ4n) is 2.99. The predicted molar refractivity (Wildman–Crippen MR) is 86.1 cm³/mol. The summed E-state index contributed by atoms with van der Waals surface area (Å²) >= 11 is 0. The first-order chi connectivity index (χ1) is 11.1. The van der Waals surface area contributed by atoms with Gasteiger partial charge in [0.1, 0.15) is 12.4 Å². The van der Waals surface area contributed by atoms with Crippen molar-refractivity contribution in [3.05, 3.63) is 65.2 Å². The van der Waals surface area contributed by atoms with E-state index >= 15 is 0 Å². The van der Waals surface area contributed by atoms with Crippen LogP contribution in [0.1, 0.15) is 35.6 Å². The SMILES string of the molecule is NC(=O)N(O)[C@H]1CCCc2ccc(OCc3ccccc3)cc21. The highest BCUT2D eigenvalue weighted by atomic mass is 16.5. The molecule has 0 radical (unpaired) electrons. The Balaban J connectivity index is 1.79. The van der Waals surface area contributed by atoms with Crippen LogP contribution in [0.5, 0.6) is 5.75 Å². The fraction of sp³-hybridized carbons (Fsp3) is 0.278. The highest BCUT2D eigenvalue weighted by Gasteiger charge is 2.27. The maximum Gasteiger partial charge on any atom is 0.339 e. The lowest BCUT2D eigenvalue weighted by molar-refractivity contribution is -0.0808. The van der Waals surface area contributed by atoms with Crippen molar-refractivity contribution in [3.8, 4) is 5.75 Å². The highest BCUT2D eigenvalue weighted by molar-refractivity contribution is 5.71. The normalized spacial score (nSPS) is 16.5. The van der Waals surface area contributed by atoms with Crippen LogP contribution in [0, 0.1) is 0 Å². The number of benzene rings is 2. The lowest BCUT2D eigenvalue weighted by Gasteiger charge is -2.30. The first-order valence-corrected chi connectivity index (χ1v) is 7.72. The summed E-state index contributed by atoms with van der Waals surface area (Å²) in [6.45, 7) is 0.475. The van der Waals surface area contributed by atoms with E-state index in [0.717, 1.165) is 35.3 Å². The second-order valence-electron chi connectivity index (χ2n) is 5.73. The number of urea groups is 1. The van der Waals surface area contributed by atoms with Crippen LogP contribution in [0.4, 0.5) is 4.79 Å². The lowest BCUT2D eigenvalue weighted by atomic mass is 9.87. The number of amides is 2. The first kappa shape index (κ1) is 15.4. The first-order valence-electron chi connectivity index (χ1n) is 7.72. The third-order valence-electron chi connectivity index (χ3n) is 4.17. The van der Waals surface area contributed by atoms with E-state index in [9.17, 15) is 10.0 Å². The van der Waals surface area contributed by atoms with Crippen LogP contribution in [0.25, 0.3) is 0 Å². The maximum atomic E-state index is 11.3. The molecule has 0 fully saturated rings. The topological polar surface area (TPSA) is 75.8 Å². The van der Waals surface area contributed by atoms with Gasteiger partial charge in [-0.1, -0.05) is 36.4 Å². The Bertz CT molecular complexity index is 688. The molecular formula is C18H20N2O3. The van der Waals surface area contributed by atoms with E-state index in [0.29, 0.717) is 18.1 Å². The van der Waals surface area contributed by atoms with Crippen molar-refractivity contribution in [1.29, 1.82) is 0 Å². The standard InChI is InChI=1S/C18H20N2O3/c19-18(21)20(22)17-8-4-7-14-9-10-15(11-16(14)17)23-12-13-5-2-1-3-6-13/h1-3,5-6,9-11,17,22H,4,7-8,12H2,(H2,19,21)/t17-/m0/s1. The van der Waals surface area contributed by atoms with Crippen molar-refractivity contribution in [3.63, 3.8) is 0 Å². The van der Waals surface area contributed by atoms with Gasteiger partial charge in [-0.3, -0.25) is 5.21 Å². The average Bonchev–Trinajstić information content (AvgIpc) is 2.59. The van der Waals surface area contributed by atoms with Gasteiger partial charge in [-0.15, -0.1) is 0 Å². The highest BCUT2D eigenvalue weighted by Crippen LogP contribution is 2.35. The molecule has 1 atom stereocenters. The predicted octanol–water partition coefficient (Wildman–Crippen LogP) is 3.41. The Morgan fingerprint density at radius 1 is 1.26 bits per heavy atom. The molecule has 0 aromatic heterocycles. The van der Waals surface area contributed by atoms with E-state index in [1.54, 1.807) is 0 Å². The van der Waals surface area contributed by atoms with Gasteiger partial charge in [-0.05, 0) is 48.1 Å². The van der Waals surface area contributed by atoms with Crippen molar-refractivity contribution >= 4 is 6.03 Å². The summed E-state index contributed by atoms with van der Waals surface area (Å²) in [6.07, 6.45) is 2.53. The molecule has 5 heteroatoms. The number of hydrogen-bond donors (Lipinski definition) is 2. The zero-order valence-corrected chi connectivity index (χ0v) is 12.8. The molecule has 2 aromatic carbocycles. The minimum absolute atomic E-state index is 0.406. The Labute approximate surface area is 135 Å². The van der Waals surface area contributed by atoms with Crippen molar-refractivity contribution < 1.29 is 14.7 Å². The summed E-state index contributed by atoms with van der Waals surface area (Å²) in [7, 11) is 0. The Morgan fingerprint density at radius 2 is 2.04 bits per heavy atom. The van der Waals surface area contributed by atoms with Crippen molar-refractivity contribution in [2.75, 3.05) is 0 Å². The van der Waals surface area contributed by atoms with Gasteiger partial charge >= 0.3 is 6.03 Å². The van der Waals surface area contributed by atoms with E-state index in [1.165, 1.54) is 0 Å². The molecular weight excluding hydrogens is 292 g/mol. The third kappa shape index (κ3) is 3.46. The number of nitrogens with two attached hydrogens (primary N) is 1. The van der Waals surface area contributed by atoms with Gasteiger partial charge in [0.25, 0.3) is 0 Å². The summed E-state index contributed by atoms with van der Waals surface area (Å²) in [4.78, 5) is 11.3. The summed E-state index contributed by atoms with van der Waals surface area (Å²) in [5.41, 5.74) is 8.31. The third-order valence-corrected chi connectivity index (χ3v) is 4.17. The summed E-state index contributed by atoms with van der Waals surface area (Å²) in [5.74, 6) is 0.720. The molecule has 5 nitrogen and oxygen atoms in total. The zero-order valence-electron chi connectivity index (χ0n) is 12.8. The van der Waals surface area contributed by atoms with Gasteiger partial charge in [0, 0.05) is 0 Å². The minimum Gasteiger partial charge on any atom is -0.489 e. The maximum absolute atomic E-state index is 11.3. The second kappa shape index (κ2) is 6.71. The number of carbonyl (C=O) groups is 1. The molecule has 0 heterocycles. The molecule has 3 rings (SSSR count). The molecule has 3 N–H and O–H groups in total. The van der Waals surface area contributed by atoms with Crippen molar-refractivity contribution in [2.24, 2.45) is 5.73 Å². The quantitative estimate of drug-likeness (QED) is 0.671.